The first kappa shape index (κ1) is 13.1. The average Bonchev–Trinajstić information content (AvgIpc) is 2.48. The van der Waals surface area contributed by atoms with Gasteiger partial charge in [0.15, 0.2) is 0 Å². The second-order valence-electron chi connectivity index (χ2n) is 3.97. The van der Waals surface area contributed by atoms with E-state index in [9.17, 15) is 4.79 Å². The van der Waals surface area contributed by atoms with Crippen LogP contribution in [-0.2, 0) is 5.88 Å². The van der Waals surface area contributed by atoms with Crippen LogP contribution in [0.5, 0.6) is 0 Å². The maximum atomic E-state index is 11.9. The average molecular weight is 271 g/mol. The lowest BCUT2D eigenvalue weighted by Gasteiger charge is -2.05. The molecule has 19 heavy (non-hydrogen) atoms. The maximum Gasteiger partial charge on any atom is 0.255 e. The summed E-state index contributed by atoms with van der Waals surface area (Å²) >= 11 is 5.70. The van der Waals surface area contributed by atoms with E-state index < -0.39 is 0 Å². The maximum absolute atomic E-state index is 11.9. The third kappa shape index (κ3) is 3.34. The standard InChI is InChI=1S/C15H11ClN2O/c16-9-11-3-7-14(8-4-11)18-15(19)13-5-1-12(10-17)2-6-13/h1-8H,9H2,(H,18,19). The Morgan fingerprint density at radius 1 is 1.11 bits per heavy atom. The van der Waals surface area contributed by atoms with Gasteiger partial charge in [-0.25, -0.2) is 0 Å². The van der Waals surface area contributed by atoms with Gasteiger partial charge in [-0.2, -0.15) is 5.26 Å². The van der Waals surface area contributed by atoms with E-state index in [1.165, 1.54) is 0 Å². The van der Waals surface area contributed by atoms with Crippen molar-refractivity contribution in [3.8, 4) is 6.07 Å². The minimum absolute atomic E-state index is 0.205. The fourth-order valence-electron chi connectivity index (χ4n) is 1.58. The molecule has 3 nitrogen and oxygen atoms in total. The molecule has 2 rings (SSSR count). The van der Waals surface area contributed by atoms with Crippen LogP contribution in [0.4, 0.5) is 5.69 Å². The van der Waals surface area contributed by atoms with Crippen LogP contribution in [-0.4, -0.2) is 5.91 Å². The van der Waals surface area contributed by atoms with Crippen LogP contribution in [0.15, 0.2) is 48.5 Å². The molecule has 94 valence electrons. The van der Waals surface area contributed by atoms with Gasteiger partial charge in [-0.3, -0.25) is 4.79 Å². The Labute approximate surface area is 116 Å². The van der Waals surface area contributed by atoms with E-state index in [2.05, 4.69) is 5.32 Å². The van der Waals surface area contributed by atoms with E-state index in [0.29, 0.717) is 22.7 Å². The number of halogens is 1. The molecule has 0 spiro atoms. The van der Waals surface area contributed by atoms with Crippen molar-refractivity contribution < 1.29 is 4.79 Å². The lowest BCUT2D eigenvalue weighted by Crippen LogP contribution is -2.11. The number of nitriles is 1. The summed E-state index contributed by atoms with van der Waals surface area (Å²) in [4.78, 5) is 11.9. The molecule has 0 heterocycles. The van der Waals surface area contributed by atoms with Crippen LogP contribution in [0, 0.1) is 11.3 Å². The zero-order valence-electron chi connectivity index (χ0n) is 10.1. The molecule has 0 aromatic heterocycles. The van der Waals surface area contributed by atoms with Gasteiger partial charge in [-0.1, -0.05) is 12.1 Å². The summed E-state index contributed by atoms with van der Waals surface area (Å²) in [6.07, 6.45) is 0. The Balaban J connectivity index is 2.09. The third-order valence-electron chi connectivity index (χ3n) is 2.64. The highest BCUT2D eigenvalue weighted by molar-refractivity contribution is 6.17. The fraction of sp³-hybridized carbons (Fsp3) is 0.0667. The summed E-state index contributed by atoms with van der Waals surface area (Å²) in [6, 6.07) is 15.8. The minimum atomic E-state index is -0.205. The van der Waals surface area contributed by atoms with E-state index in [-0.39, 0.29) is 5.91 Å². The van der Waals surface area contributed by atoms with Crippen LogP contribution in [0.3, 0.4) is 0 Å². The molecule has 0 bridgehead atoms. The van der Waals surface area contributed by atoms with Gasteiger partial charge in [0.25, 0.3) is 5.91 Å². The lowest BCUT2D eigenvalue weighted by atomic mass is 10.1. The van der Waals surface area contributed by atoms with Gasteiger partial charge in [-0.15, -0.1) is 11.6 Å². The third-order valence-corrected chi connectivity index (χ3v) is 2.95. The number of rotatable bonds is 3. The van der Waals surface area contributed by atoms with Gasteiger partial charge in [-0.05, 0) is 42.0 Å². The zero-order valence-corrected chi connectivity index (χ0v) is 10.8. The van der Waals surface area contributed by atoms with Crippen molar-refractivity contribution in [1.82, 2.24) is 0 Å². The minimum Gasteiger partial charge on any atom is -0.322 e. The fourth-order valence-corrected chi connectivity index (χ4v) is 1.75. The number of anilines is 1. The summed E-state index contributed by atoms with van der Waals surface area (Å²) in [5, 5.41) is 11.5. The molecule has 1 N–H and O–H groups in total. The number of alkyl halides is 1. The van der Waals surface area contributed by atoms with Crippen molar-refractivity contribution in [3.63, 3.8) is 0 Å². The SMILES string of the molecule is N#Cc1ccc(C(=O)Nc2ccc(CCl)cc2)cc1. The van der Waals surface area contributed by atoms with E-state index in [1.807, 2.05) is 18.2 Å². The van der Waals surface area contributed by atoms with Crippen LogP contribution in [0.25, 0.3) is 0 Å². The number of nitrogens with one attached hydrogen (secondary N) is 1. The van der Waals surface area contributed by atoms with Crippen LogP contribution in [0.1, 0.15) is 21.5 Å². The number of amides is 1. The molecule has 2 aromatic carbocycles. The molecule has 0 atom stereocenters. The van der Waals surface area contributed by atoms with E-state index in [0.717, 1.165) is 5.56 Å². The highest BCUT2D eigenvalue weighted by Gasteiger charge is 2.05. The summed E-state index contributed by atoms with van der Waals surface area (Å²) in [5.41, 5.74) is 2.75. The first-order valence-electron chi connectivity index (χ1n) is 5.69. The van der Waals surface area contributed by atoms with Gasteiger partial charge in [0.1, 0.15) is 0 Å². The smallest absolute Gasteiger partial charge is 0.255 e. The lowest BCUT2D eigenvalue weighted by molar-refractivity contribution is 0.102. The quantitative estimate of drug-likeness (QED) is 0.867. The van der Waals surface area contributed by atoms with Gasteiger partial charge >= 0.3 is 0 Å². The number of carbonyl (C=O) groups excluding carboxylic acids is 1. The Morgan fingerprint density at radius 3 is 2.26 bits per heavy atom. The van der Waals surface area contributed by atoms with Crippen molar-refractivity contribution in [2.24, 2.45) is 0 Å². The summed E-state index contributed by atoms with van der Waals surface area (Å²) in [6.45, 7) is 0. The Hall–Kier alpha value is -2.31. The Bertz CT molecular complexity index is 612. The van der Waals surface area contributed by atoms with Gasteiger partial charge in [0.05, 0.1) is 11.6 Å². The number of carbonyl (C=O) groups is 1. The number of hydrogen-bond acceptors (Lipinski definition) is 2. The molecule has 0 aliphatic rings. The molecule has 4 heteroatoms. The van der Waals surface area contributed by atoms with Gasteiger partial charge < -0.3 is 5.32 Å². The van der Waals surface area contributed by atoms with Gasteiger partial charge in [0.2, 0.25) is 0 Å². The molecule has 0 aliphatic heterocycles. The van der Waals surface area contributed by atoms with Crippen LogP contribution >= 0.6 is 11.6 Å². The zero-order chi connectivity index (χ0) is 13.7. The van der Waals surface area contributed by atoms with Crippen LogP contribution in [0.2, 0.25) is 0 Å². The molecular weight excluding hydrogens is 260 g/mol. The number of hydrogen-bond donors (Lipinski definition) is 1. The van der Waals surface area contributed by atoms with E-state index in [1.54, 1.807) is 36.4 Å². The number of nitrogens with zero attached hydrogens (tertiary/aromatic N) is 1. The summed E-state index contributed by atoms with van der Waals surface area (Å²) in [5.74, 6) is 0.243. The molecule has 1 amide bonds. The van der Waals surface area contributed by atoms with E-state index >= 15 is 0 Å². The summed E-state index contributed by atoms with van der Waals surface area (Å²) < 4.78 is 0. The Morgan fingerprint density at radius 2 is 1.74 bits per heavy atom. The molecule has 0 unspecified atom stereocenters. The molecule has 0 aliphatic carbocycles. The normalized spacial score (nSPS) is 9.68. The van der Waals surface area contributed by atoms with Crippen molar-refractivity contribution in [1.29, 1.82) is 5.26 Å². The predicted molar refractivity (Wildman–Crippen MR) is 75.1 cm³/mol. The first-order chi connectivity index (χ1) is 9.22. The number of benzene rings is 2. The monoisotopic (exact) mass is 270 g/mol. The largest absolute Gasteiger partial charge is 0.322 e. The Kier molecular flexibility index (Phi) is 4.17. The second-order valence-corrected chi connectivity index (χ2v) is 4.24. The first-order valence-corrected chi connectivity index (χ1v) is 6.23. The highest BCUT2D eigenvalue weighted by atomic mass is 35.5. The van der Waals surface area contributed by atoms with Crippen molar-refractivity contribution >= 4 is 23.2 Å². The summed E-state index contributed by atoms with van der Waals surface area (Å²) in [7, 11) is 0. The molecule has 0 fully saturated rings. The van der Waals surface area contributed by atoms with Crippen molar-refractivity contribution in [3.05, 3.63) is 65.2 Å². The van der Waals surface area contributed by atoms with Crippen molar-refractivity contribution in [2.45, 2.75) is 5.88 Å². The molecule has 0 saturated heterocycles. The molecular formula is C15H11ClN2O. The predicted octanol–water partition coefficient (Wildman–Crippen LogP) is 3.55. The van der Waals surface area contributed by atoms with Crippen LogP contribution < -0.4 is 5.32 Å². The van der Waals surface area contributed by atoms with Gasteiger partial charge in [0, 0.05) is 17.1 Å². The topological polar surface area (TPSA) is 52.9 Å². The van der Waals surface area contributed by atoms with Crippen molar-refractivity contribution in [2.75, 3.05) is 5.32 Å². The molecule has 0 radical (unpaired) electrons. The van der Waals surface area contributed by atoms with E-state index in [4.69, 9.17) is 16.9 Å². The molecule has 0 saturated carbocycles. The molecule has 2 aromatic rings. The highest BCUT2D eigenvalue weighted by Crippen LogP contribution is 2.13. The second kappa shape index (κ2) is 6.03.